The molecule has 2 aromatic heterocycles. The summed E-state index contributed by atoms with van der Waals surface area (Å²) >= 11 is 12.3. The molecule has 3 heterocycles. The van der Waals surface area contributed by atoms with Crippen LogP contribution < -0.4 is 15.8 Å². The number of piperidine rings is 1. The van der Waals surface area contributed by atoms with E-state index in [2.05, 4.69) is 10.3 Å². The molecule has 1 aliphatic heterocycles. The van der Waals surface area contributed by atoms with Crippen LogP contribution in [0, 0.1) is 5.82 Å². The third-order valence-corrected chi connectivity index (χ3v) is 5.97. The first-order valence-electron chi connectivity index (χ1n) is 9.76. The van der Waals surface area contributed by atoms with E-state index < -0.39 is 11.9 Å². The summed E-state index contributed by atoms with van der Waals surface area (Å²) in [5.41, 5.74) is 7.92. The van der Waals surface area contributed by atoms with E-state index in [1.807, 2.05) is 16.9 Å². The van der Waals surface area contributed by atoms with Crippen LogP contribution in [0.25, 0.3) is 11.3 Å². The summed E-state index contributed by atoms with van der Waals surface area (Å²) in [5, 5.41) is 8.31. The summed E-state index contributed by atoms with van der Waals surface area (Å²) in [5.74, 6) is 0.00895. The molecule has 1 atom stereocenters. The first kappa shape index (κ1) is 20.9. The lowest BCUT2D eigenvalue weighted by molar-refractivity contribution is 0.227. The largest absolute Gasteiger partial charge is 0.482 e. The molecule has 0 bridgehead atoms. The van der Waals surface area contributed by atoms with Crippen molar-refractivity contribution in [2.75, 3.05) is 18.8 Å². The maximum Gasteiger partial charge on any atom is 0.166 e. The van der Waals surface area contributed by atoms with Crippen LogP contribution in [-0.4, -0.2) is 27.9 Å². The van der Waals surface area contributed by atoms with E-state index in [9.17, 15) is 4.39 Å². The quantitative estimate of drug-likeness (QED) is 0.533. The second-order valence-electron chi connectivity index (χ2n) is 7.29. The SMILES string of the molecule is C[C@H](Oc1cc(-c2ccn(C3CCNCC3)n2)cnc1N)c1c(Cl)ccc(F)c1Cl. The Kier molecular flexibility index (Phi) is 6.13. The molecule has 30 heavy (non-hydrogen) atoms. The molecule has 1 fully saturated rings. The Morgan fingerprint density at radius 2 is 2.03 bits per heavy atom. The fourth-order valence-electron chi connectivity index (χ4n) is 3.62. The molecule has 0 spiro atoms. The molecule has 3 N–H and O–H groups in total. The van der Waals surface area contributed by atoms with Crippen LogP contribution in [0.1, 0.15) is 37.5 Å². The molecule has 0 saturated carbocycles. The number of pyridine rings is 1. The fourth-order valence-corrected chi connectivity index (χ4v) is 4.30. The Bertz CT molecular complexity index is 1050. The van der Waals surface area contributed by atoms with Crippen molar-refractivity contribution in [1.29, 1.82) is 0 Å². The highest BCUT2D eigenvalue weighted by molar-refractivity contribution is 6.36. The van der Waals surface area contributed by atoms with Gasteiger partial charge in [-0.05, 0) is 57.1 Å². The first-order valence-corrected chi connectivity index (χ1v) is 10.5. The van der Waals surface area contributed by atoms with Crippen molar-refractivity contribution in [3.63, 3.8) is 0 Å². The summed E-state index contributed by atoms with van der Waals surface area (Å²) in [6.45, 7) is 3.71. The van der Waals surface area contributed by atoms with E-state index in [0.29, 0.717) is 22.4 Å². The molecule has 0 radical (unpaired) electrons. The van der Waals surface area contributed by atoms with Crippen LogP contribution in [-0.2, 0) is 0 Å². The Morgan fingerprint density at radius 1 is 1.27 bits per heavy atom. The number of hydrogen-bond donors (Lipinski definition) is 2. The number of ether oxygens (including phenoxy) is 1. The number of hydrogen-bond acceptors (Lipinski definition) is 5. The van der Waals surface area contributed by atoms with Crippen LogP contribution in [0.15, 0.2) is 36.7 Å². The molecule has 0 aliphatic carbocycles. The van der Waals surface area contributed by atoms with E-state index in [-0.39, 0.29) is 10.8 Å². The van der Waals surface area contributed by atoms with Gasteiger partial charge in [0.25, 0.3) is 0 Å². The third-order valence-electron chi connectivity index (χ3n) is 5.26. The van der Waals surface area contributed by atoms with Crippen LogP contribution in [0.4, 0.5) is 10.2 Å². The molecular formula is C21H22Cl2FN5O. The predicted molar refractivity (Wildman–Crippen MR) is 116 cm³/mol. The summed E-state index contributed by atoms with van der Waals surface area (Å²) in [7, 11) is 0. The van der Waals surface area contributed by atoms with Crippen molar-refractivity contribution < 1.29 is 9.13 Å². The number of anilines is 1. The summed E-state index contributed by atoms with van der Waals surface area (Å²) in [4.78, 5) is 4.24. The molecule has 158 valence electrons. The van der Waals surface area contributed by atoms with Crippen LogP contribution in [0.2, 0.25) is 10.0 Å². The number of nitrogen functional groups attached to an aromatic ring is 1. The molecule has 3 aromatic rings. The Morgan fingerprint density at radius 3 is 2.80 bits per heavy atom. The van der Waals surface area contributed by atoms with E-state index in [0.717, 1.165) is 37.2 Å². The van der Waals surface area contributed by atoms with Gasteiger partial charge in [0.15, 0.2) is 11.6 Å². The zero-order chi connectivity index (χ0) is 21.3. The highest BCUT2D eigenvalue weighted by Crippen LogP contribution is 2.36. The second kappa shape index (κ2) is 8.79. The topological polar surface area (TPSA) is 78.0 Å². The fraction of sp³-hybridized carbons (Fsp3) is 0.333. The average Bonchev–Trinajstić information content (AvgIpc) is 3.24. The number of aromatic nitrogens is 3. The van der Waals surface area contributed by atoms with Crippen molar-refractivity contribution >= 4 is 29.0 Å². The number of nitrogens with zero attached hydrogens (tertiary/aromatic N) is 3. The monoisotopic (exact) mass is 449 g/mol. The molecular weight excluding hydrogens is 428 g/mol. The van der Waals surface area contributed by atoms with Crippen LogP contribution in [0.5, 0.6) is 5.75 Å². The van der Waals surface area contributed by atoms with Crippen molar-refractivity contribution in [2.24, 2.45) is 0 Å². The minimum atomic E-state index is -0.632. The molecule has 6 nitrogen and oxygen atoms in total. The Hall–Kier alpha value is -2.35. The van der Waals surface area contributed by atoms with Gasteiger partial charge >= 0.3 is 0 Å². The summed E-state index contributed by atoms with van der Waals surface area (Å²) in [6.07, 6.45) is 5.10. The Labute approximate surface area is 184 Å². The number of nitrogens with one attached hydrogen (secondary N) is 1. The molecule has 0 amide bonds. The lowest BCUT2D eigenvalue weighted by Gasteiger charge is -2.22. The predicted octanol–water partition coefficient (Wildman–Crippen LogP) is 5.04. The van der Waals surface area contributed by atoms with Crippen LogP contribution in [0.3, 0.4) is 0 Å². The zero-order valence-electron chi connectivity index (χ0n) is 16.4. The van der Waals surface area contributed by atoms with Crippen molar-refractivity contribution in [1.82, 2.24) is 20.1 Å². The molecule has 0 unspecified atom stereocenters. The maximum atomic E-state index is 13.9. The van der Waals surface area contributed by atoms with Crippen molar-refractivity contribution in [2.45, 2.75) is 31.9 Å². The lowest BCUT2D eigenvalue weighted by Crippen LogP contribution is -2.29. The standard InChI is InChI=1S/C21H22Cl2FN5O/c1-12(19-15(22)2-3-16(24)20(19)23)30-18-10-13(11-27-21(18)25)17-6-9-29(28-17)14-4-7-26-8-5-14/h2-3,6,9-12,14,26H,4-5,7-8H2,1H3,(H2,25,27)/t12-/m0/s1. The number of rotatable bonds is 5. The van der Waals surface area contributed by atoms with Gasteiger partial charge in [0, 0.05) is 28.5 Å². The van der Waals surface area contributed by atoms with Crippen molar-refractivity contribution in [3.8, 4) is 17.0 Å². The summed E-state index contributed by atoms with van der Waals surface area (Å²) in [6, 6.07) is 6.77. The normalized spacial score (nSPS) is 15.9. The minimum absolute atomic E-state index is 0.0709. The highest BCUT2D eigenvalue weighted by Gasteiger charge is 2.21. The van der Waals surface area contributed by atoms with Gasteiger partial charge in [-0.25, -0.2) is 9.37 Å². The number of benzene rings is 1. The molecule has 1 aromatic carbocycles. The van der Waals surface area contributed by atoms with E-state index in [1.54, 1.807) is 19.2 Å². The van der Waals surface area contributed by atoms with Gasteiger partial charge in [-0.1, -0.05) is 23.2 Å². The first-order chi connectivity index (χ1) is 14.4. The number of nitrogens with two attached hydrogens (primary N) is 1. The van der Waals surface area contributed by atoms with Gasteiger partial charge in [0.05, 0.1) is 16.8 Å². The van der Waals surface area contributed by atoms with E-state index >= 15 is 0 Å². The minimum Gasteiger partial charge on any atom is -0.482 e. The van der Waals surface area contributed by atoms with Crippen molar-refractivity contribution in [3.05, 3.63) is 58.1 Å². The van der Waals surface area contributed by atoms with E-state index in [1.165, 1.54) is 12.1 Å². The van der Waals surface area contributed by atoms with Crippen LogP contribution >= 0.6 is 23.2 Å². The maximum absolute atomic E-state index is 13.9. The number of halogens is 3. The van der Waals surface area contributed by atoms with Gasteiger partial charge in [-0.15, -0.1) is 0 Å². The van der Waals surface area contributed by atoms with Gasteiger partial charge in [-0.2, -0.15) is 5.10 Å². The average molecular weight is 450 g/mol. The van der Waals surface area contributed by atoms with E-state index in [4.69, 9.17) is 38.8 Å². The third kappa shape index (κ3) is 4.24. The van der Waals surface area contributed by atoms with Gasteiger partial charge in [0.1, 0.15) is 11.9 Å². The molecule has 4 rings (SSSR count). The smallest absolute Gasteiger partial charge is 0.166 e. The molecule has 9 heteroatoms. The van der Waals surface area contributed by atoms with Gasteiger partial charge in [0.2, 0.25) is 0 Å². The molecule has 1 aliphatic rings. The Balaban J connectivity index is 1.58. The summed E-state index contributed by atoms with van der Waals surface area (Å²) < 4.78 is 21.9. The van der Waals surface area contributed by atoms with Gasteiger partial charge < -0.3 is 15.8 Å². The highest BCUT2D eigenvalue weighted by atomic mass is 35.5. The lowest BCUT2D eigenvalue weighted by atomic mass is 10.1. The van der Waals surface area contributed by atoms with Gasteiger partial charge in [-0.3, -0.25) is 4.68 Å². The zero-order valence-corrected chi connectivity index (χ0v) is 17.9. The molecule has 1 saturated heterocycles. The second-order valence-corrected chi connectivity index (χ2v) is 8.07.